The number of carbonyl (C=O) groups excluding carboxylic acids is 8. The molecule has 27 heteroatoms. The fraction of sp³-hybridized carbons (Fsp3) is 0.333. The highest BCUT2D eigenvalue weighted by Crippen LogP contribution is 2.22. The number of aliphatic hydroxyl groups is 2. The molecule has 5 aromatic rings. The Kier molecular flexibility index (Phi) is 21.0. The molecule has 0 radical (unpaired) electrons. The van der Waals surface area contributed by atoms with E-state index in [9.17, 15) is 68.4 Å². The third-order valence-electron chi connectivity index (χ3n) is 11.5. The fourth-order valence-electron chi connectivity index (χ4n) is 7.58. The van der Waals surface area contributed by atoms with Gasteiger partial charge in [-0.05, 0) is 41.0 Å². The van der Waals surface area contributed by atoms with Crippen molar-refractivity contribution in [1.82, 2.24) is 52.5 Å². The number of carboxylic acids is 2. The first-order valence-corrected chi connectivity index (χ1v) is 23.7. The van der Waals surface area contributed by atoms with Gasteiger partial charge in [-0.3, -0.25) is 47.9 Å². The number of amides is 8. The van der Waals surface area contributed by atoms with Gasteiger partial charge in [0.15, 0.2) is 0 Å². The minimum atomic E-state index is -1.95. The van der Waals surface area contributed by atoms with Crippen molar-refractivity contribution >= 4 is 93.6 Å². The molecular weight excluding hydrogens is 1000 g/mol. The van der Waals surface area contributed by atoms with Gasteiger partial charge in [-0.1, -0.05) is 48.5 Å². The van der Waals surface area contributed by atoms with E-state index in [1.165, 1.54) is 24.3 Å². The van der Waals surface area contributed by atoms with Crippen molar-refractivity contribution in [3.05, 3.63) is 102 Å². The van der Waals surface area contributed by atoms with E-state index in [0.29, 0.717) is 38.5 Å². The lowest BCUT2D eigenvalue weighted by Gasteiger charge is -2.27. The zero-order valence-corrected chi connectivity index (χ0v) is 40.7. The van der Waals surface area contributed by atoms with E-state index in [0.717, 1.165) is 0 Å². The van der Waals surface area contributed by atoms with Crippen LogP contribution in [0.3, 0.4) is 0 Å². The van der Waals surface area contributed by atoms with E-state index < -0.39 is 134 Å². The van der Waals surface area contributed by atoms with Gasteiger partial charge in [0, 0.05) is 59.2 Å². The van der Waals surface area contributed by atoms with E-state index in [2.05, 4.69) is 65.1 Å². The number of aromatic amines is 2. The Labute approximate surface area is 431 Å². The Hall–Kier alpha value is -8.53. The van der Waals surface area contributed by atoms with Crippen LogP contribution in [0, 0.1) is 0 Å². The average Bonchev–Trinajstić information content (AvgIpc) is 4.00. The third kappa shape index (κ3) is 16.8. The highest BCUT2D eigenvalue weighted by Gasteiger charge is 2.35. The molecule has 400 valence electrons. The Morgan fingerprint density at radius 2 is 0.960 bits per heavy atom. The largest absolute Gasteiger partial charge is 0.508 e. The molecular formula is C48H57N11O15S. The number of carboxylic acid groups (broad SMARTS) is 2. The Morgan fingerprint density at radius 1 is 0.507 bits per heavy atom. The summed E-state index contributed by atoms with van der Waals surface area (Å²) in [4.78, 5) is 138. The van der Waals surface area contributed by atoms with Crippen LogP contribution in [0.5, 0.6) is 5.75 Å². The van der Waals surface area contributed by atoms with Crippen molar-refractivity contribution in [3.8, 4) is 5.75 Å². The molecule has 3 aromatic carbocycles. The lowest BCUT2D eigenvalue weighted by molar-refractivity contribution is -0.141. The summed E-state index contributed by atoms with van der Waals surface area (Å²) in [6.45, 7) is -3.32. The van der Waals surface area contributed by atoms with Gasteiger partial charge in [0.2, 0.25) is 47.3 Å². The number of carbonyl (C=O) groups is 10. The SMILES string of the molecule is N[C@@H](CO)C(=O)N[C@@H](CO)C(=O)N[C@@H](CC(=O)O)C(=O)N[C@@H](Cc1ccc(O)cc1)C(=O)N[C@@H](Cc1c[nH]c2ccccc12)C(=O)N[C@@H](Cc1c[nH]c2ccccc12)C(=O)NCC(=O)N[C@@H](CS)C(=O)NCC(=O)O. The number of hydrogen-bond acceptors (Lipinski definition) is 15. The summed E-state index contributed by atoms with van der Waals surface area (Å²) >= 11 is 4.05. The molecule has 0 saturated heterocycles. The van der Waals surface area contributed by atoms with Gasteiger partial charge in [-0.15, -0.1) is 0 Å². The van der Waals surface area contributed by atoms with E-state index in [1.807, 2.05) is 0 Å². The molecule has 2 heterocycles. The predicted octanol–water partition coefficient (Wildman–Crippen LogP) is -3.68. The van der Waals surface area contributed by atoms with Crippen molar-refractivity contribution in [3.63, 3.8) is 0 Å². The maximum atomic E-state index is 14.8. The number of thiol groups is 1. The molecule has 26 nitrogen and oxygen atoms in total. The number of nitrogens with two attached hydrogens (primary N) is 1. The molecule has 0 aliphatic carbocycles. The molecule has 0 fully saturated rings. The first-order chi connectivity index (χ1) is 35.8. The van der Waals surface area contributed by atoms with Crippen LogP contribution in [0.1, 0.15) is 23.1 Å². The first kappa shape index (κ1) is 57.4. The fourth-order valence-corrected chi connectivity index (χ4v) is 7.84. The predicted molar refractivity (Wildman–Crippen MR) is 269 cm³/mol. The van der Waals surface area contributed by atoms with Gasteiger partial charge in [-0.2, -0.15) is 12.6 Å². The van der Waals surface area contributed by atoms with Crippen molar-refractivity contribution in [1.29, 1.82) is 0 Å². The van der Waals surface area contributed by atoms with E-state index in [4.69, 9.17) is 10.8 Å². The van der Waals surface area contributed by atoms with Crippen LogP contribution < -0.4 is 48.3 Å². The average molecular weight is 1060 g/mol. The van der Waals surface area contributed by atoms with Gasteiger partial charge >= 0.3 is 11.9 Å². The van der Waals surface area contributed by atoms with E-state index >= 15 is 0 Å². The maximum absolute atomic E-state index is 14.8. The minimum Gasteiger partial charge on any atom is -0.508 e. The minimum absolute atomic E-state index is 0.150. The number of fused-ring (bicyclic) bond motifs is 2. The van der Waals surface area contributed by atoms with Gasteiger partial charge in [0.25, 0.3) is 0 Å². The smallest absolute Gasteiger partial charge is 0.322 e. The first-order valence-electron chi connectivity index (χ1n) is 23.1. The number of benzene rings is 3. The number of para-hydroxylation sites is 2. The Bertz CT molecular complexity index is 2880. The monoisotopic (exact) mass is 1060 g/mol. The molecule has 5 rings (SSSR count). The summed E-state index contributed by atoms with van der Waals surface area (Å²) < 4.78 is 0. The Morgan fingerprint density at radius 3 is 1.47 bits per heavy atom. The molecule has 0 aliphatic heterocycles. The second-order valence-corrected chi connectivity index (χ2v) is 17.4. The molecule has 0 bridgehead atoms. The quantitative estimate of drug-likeness (QED) is 0.0215. The molecule has 0 aliphatic rings. The second kappa shape index (κ2) is 27.5. The van der Waals surface area contributed by atoms with Crippen LogP contribution in [0.2, 0.25) is 0 Å². The van der Waals surface area contributed by atoms with Crippen LogP contribution in [0.25, 0.3) is 21.8 Å². The maximum Gasteiger partial charge on any atom is 0.322 e. The van der Waals surface area contributed by atoms with Gasteiger partial charge in [0.1, 0.15) is 54.6 Å². The standard InChI is InChI=1S/C48H57N11O15S/c49-30(21-60)42(68)59-37(22-61)48(74)58-36(16-40(64)65)47(73)55-33(13-24-9-11-27(62)12-10-24)45(71)57-35(15-26-18-51-32-8-4-2-6-29(26)32)46(72)56-34(14-25-17-50-31-7-3-1-5-28(25)31)43(69)52-19-39(63)54-38(23-75)44(70)53-20-41(66)67/h1-12,17-18,30,33-38,50-51,60-62,75H,13-16,19-23,49H2,(H,52,69)(H,53,70)(H,54,63)(H,55,73)(H,56,72)(H,57,71)(H,58,74)(H,59,68)(H,64,65)(H,66,67)/t30-,33-,34-,35-,36-,37-,38-/m0/s1. The number of phenols is 1. The Balaban J connectivity index is 1.46. The summed E-state index contributed by atoms with van der Waals surface area (Å²) in [5.41, 5.74) is 8.26. The zero-order valence-electron chi connectivity index (χ0n) is 39.8. The molecule has 0 spiro atoms. The van der Waals surface area contributed by atoms with Crippen molar-refractivity contribution in [2.45, 2.75) is 68.0 Å². The van der Waals surface area contributed by atoms with Crippen molar-refractivity contribution in [2.75, 3.05) is 32.1 Å². The van der Waals surface area contributed by atoms with Crippen molar-refractivity contribution < 1.29 is 73.5 Å². The molecule has 8 amide bonds. The van der Waals surface area contributed by atoms with Crippen LogP contribution in [-0.2, 0) is 67.2 Å². The lowest BCUT2D eigenvalue weighted by atomic mass is 10.00. The van der Waals surface area contributed by atoms with Crippen molar-refractivity contribution in [2.24, 2.45) is 5.73 Å². The van der Waals surface area contributed by atoms with Gasteiger partial charge in [-0.25, -0.2) is 0 Å². The number of aliphatic carboxylic acids is 2. The molecule has 0 unspecified atom stereocenters. The van der Waals surface area contributed by atoms with Gasteiger partial charge < -0.3 is 83.8 Å². The summed E-state index contributed by atoms with van der Waals surface area (Å²) in [5.74, 6) is -11.4. The number of H-pyrrole nitrogens is 2. The second-order valence-electron chi connectivity index (χ2n) is 17.0. The summed E-state index contributed by atoms with van der Waals surface area (Å²) in [6.07, 6.45) is 1.36. The molecule has 0 saturated carbocycles. The number of phenolic OH excluding ortho intramolecular Hbond substituents is 1. The van der Waals surface area contributed by atoms with Crippen LogP contribution >= 0.6 is 12.6 Å². The number of nitrogens with one attached hydrogen (secondary N) is 10. The van der Waals surface area contributed by atoms with Crippen LogP contribution in [-0.4, -0.2) is 169 Å². The zero-order chi connectivity index (χ0) is 54.8. The normalized spacial score (nSPS) is 13.9. The molecule has 75 heavy (non-hydrogen) atoms. The van der Waals surface area contributed by atoms with E-state index in [1.54, 1.807) is 60.9 Å². The number of aromatic hydroxyl groups is 1. The molecule has 2 aromatic heterocycles. The van der Waals surface area contributed by atoms with Gasteiger partial charge in [0.05, 0.1) is 26.2 Å². The van der Waals surface area contributed by atoms with Crippen LogP contribution in [0.15, 0.2) is 85.2 Å². The van der Waals surface area contributed by atoms with E-state index in [-0.39, 0.29) is 30.8 Å². The number of hydrogen-bond donors (Lipinski definition) is 17. The highest BCUT2D eigenvalue weighted by atomic mass is 32.1. The molecule has 7 atom stereocenters. The number of aromatic nitrogens is 2. The topological polar surface area (TPSA) is 426 Å². The number of aliphatic hydroxyl groups excluding tert-OH is 2. The lowest BCUT2D eigenvalue weighted by Crippen LogP contribution is -2.61. The third-order valence-corrected chi connectivity index (χ3v) is 11.9. The summed E-state index contributed by atoms with van der Waals surface area (Å²) in [6, 6.07) is 8.32. The number of rotatable bonds is 28. The summed E-state index contributed by atoms with van der Waals surface area (Å²) in [5, 5.41) is 68.0. The van der Waals surface area contributed by atoms with Crippen LogP contribution in [0.4, 0.5) is 0 Å². The highest BCUT2D eigenvalue weighted by molar-refractivity contribution is 7.80. The molecule has 17 N–H and O–H groups in total. The summed E-state index contributed by atoms with van der Waals surface area (Å²) in [7, 11) is 0.